The van der Waals surface area contributed by atoms with Crippen molar-refractivity contribution in [3.05, 3.63) is 66.2 Å². The molecule has 30 heavy (non-hydrogen) atoms. The predicted molar refractivity (Wildman–Crippen MR) is 118 cm³/mol. The minimum atomic E-state index is -3.47. The van der Waals surface area contributed by atoms with E-state index in [-0.39, 0.29) is 11.9 Å². The topological polar surface area (TPSA) is 70.9 Å². The highest BCUT2D eigenvalue weighted by atomic mass is 32.2. The fourth-order valence-electron chi connectivity index (χ4n) is 3.97. The smallest absolute Gasteiger partial charge is 0.278 e. The molecule has 0 spiro atoms. The third kappa shape index (κ3) is 5.28. The van der Waals surface area contributed by atoms with E-state index in [2.05, 4.69) is 24.4 Å². The summed E-state index contributed by atoms with van der Waals surface area (Å²) in [5.74, 6) is 0.323. The van der Waals surface area contributed by atoms with Gasteiger partial charge in [0.25, 0.3) is 5.91 Å². The second kappa shape index (κ2) is 10.2. The Labute approximate surface area is 179 Å². The Kier molecular flexibility index (Phi) is 7.64. The molecule has 1 heterocycles. The first-order chi connectivity index (χ1) is 14.4. The van der Waals surface area contributed by atoms with E-state index in [4.69, 9.17) is 0 Å². The number of sulfonamides is 1. The number of piperazine rings is 1. The number of hydrogen-bond donors (Lipinski definition) is 2. The van der Waals surface area contributed by atoms with Gasteiger partial charge in [-0.1, -0.05) is 55.5 Å². The van der Waals surface area contributed by atoms with Crippen LogP contribution in [0, 0.1) is 0 Å². The molecule has 0 aliphatic carbocycles. The maximum atomic E-state index is 12.8. The lowest BCUT2D eigenvalue weighted by Gasteiger charge is -2.34. The van der Waals surface area contributed by atoms with Crippen LogP contribution in [0.5, 0.6) is 0 Å². The number of carbonyl (C=O) groups is 1. The summed E-state index contributed by atoms with van der Waals surface area (Å²) < 4.78 is 27.1. The molecular formula is C23H32N3O3S+. The molecule has 0 aromatic heterocycles. The zero-order valence-corrected chi connectivity index (χ0v) is 18.6. The molecule has 162 valence electrons. The molecule has 6 nitrogen and oxygen atoms in total. The highest BCUT2D eigenvalue weighted by Gasteiger charge is 2.34. The Morgan fingerprint density at radius 1 is 1.03 bits per heavy atom. The van der Waals surface area contributed by atoms with Crippen LogP contribution in [-0.2, 0) is 14.8 Å². The Balaban J connectivity index is 1.52. The molecule has 0 radical (unpaired) electrons. The van der Waals surface area contributed by atoms with Gasteiger partial charge in [-0.3, -0.25) is 4.79 Å². The van der Waals surface area contributed by atoms with Crippen molar-refractivity contribution < 1.29 is 18.1 Å². The molecule has 1 fully saturated rings. The summed E-state index contributed by atoms with van der Waals surface area (Å²) in [5.41, 5.74) is 1.24. The molecule has 1 amide bonds. The molecule has 0 bridgehead atoms. The van der Waals surface area contributed by atoms with Gasteiger partial charge < -0.3 is 10.2 Å². The lowest BCUT2D eigenvalue weighted by molar-refractivity contribution is -0.917. The Morgan fingerprint density at radius 3 is 2.17 bits per heavy atom. The van der Waals surface area contributed by atoms with Crippen molar-refractivity contribution in [1.82, 2.24) is 9.62 Å². The number of carbonyl (C=O) groups excluding carboxylic acids is 1. The van der Waals surface area contributed by atoms with Crippen molar-refractivity contribution in [2.45, 2.75) is 37.1 Å². The van der Waals surface area contributed by atoms with Gasteiger partial charge in [0.15, 0.2) is 6.04 Å². The van der Waals surface area contributed by atoms with Crippen molar-refractivity contribution in [2.24, 2.45) is 0 Å². The number of quaternary nitrogens is 1. The van der Waals surface area contributed by atoms with Gasteiger partial charge in [0.05, 0.1) is 31.1 Å². The number of hydrogen-bond acceptors (Lipinski definition) is 3. The number of nitrogens with one attached hydrogen (secondary N) is 2. The van der Waals surface area contributed by atoms with Crippen LogP contribution in [0.1, 0.15) is 31.7 Å². The quantitative estimate of drug-likeness (QED) is 0.663. The van der Waals surface area contributed by atoms with Gasteiger partial charge in [0, 0.05) is 12.5 Å². The maximum absolute atomic E-state index is 12.8. The van der Waals surface area contributed by atoms with Crippen LogP contribution in [-0.4, -0.2) is 57.4 Å². The molecule has 2 N–H and O–H groups in total. The van der Waals surface area contributed by atoms with E-state index in [1.807, 2.05) is 31.2 Å². The zero-order chi connectivity index (χ0) is 21.6. The third-order valence-electron chi connectivity index (χ3n) is 6.04. The fourth-order valence-corrected chi connectivity index (χ4v) is 5.44. The molecule has 2 aromatic carbocycles. The van der Waals surface area contributed by atoms with Gasteiger partial charge in [-0.15, -0.1) is 0 Å². The second-order valence-electron chi connectivity index (χ2n) is 7.86. The largest absolute Gasteiger partial charge is 0.350 e. The number of benzene rings is 2. The molecule has 0 saturated carbocycles. The summed E-state index contributed by atoms with van der Waals surface area (Å²) in [5, 5.41) is 3.10. The van der Waals surface area contributed by atoms with E-state index in [0.29, 0.717) is 43.5 Å². The number of rotatable bonds is 8. The average molecular weight is 431 g/mol. The second-order valence-corrected chi connectivity index (χ2v) is 9.80. The normalized spacial score (nSPS) is 17.9. The molecule has 0 unspecified atom stereocenters. The Morgan fingerprint density at radius 2 is 1.60 bits per heavy atom. The molecule has 2 atom stereocenters. The fraction of sp³-hybridized carbons (Fsp3) is 0.435. The van der Waals surface area contributed by atoms with Gasteiger partial charge in [-0.2, -0.15) is 4.31 Å². The van der Waals surface area contributed by atoms with Crippen molar-refractivity contribution >= 4 is 15.9 Å². The summed E-state index contributed by atoms with van der Waals surface area (Å²) in [7, 11) is -3.47. The van der Waals surface area contributed by atoms with Gasteiger partial charge in [-0.05, 0) is 31.0 Å². The van der Waals surface area contributed by atoms with E-state index in [0.717, 1.165) is 11.3 Å². The van der Waals surface area contributed by atoms with E-state index in [1.54, 1.807) is 24.3 Å². The van der Waals surface area contributed by atoms with E-state index < -0.39 is 10.0 Å². The first-order valence-corrected chi connectivity index (χ1v) is 12.1. The summed E-state index contributed by atoms with van der Waals surface area (Å²) in [4.78, 5) is 14.2. The van der Waals surface area contributed by atoms with Crippen LogP contribution in [0.15, 0.2) is 65.6 Å². The zero-order valence-electron chi connectivity index (χ0n) is 17.8. The summed E-state index contributed by atoms with van der Waals surface area (Å²) in [6, 6.07) is 18.6. The lowest BCUT2D eigenvalue weighted by Crippen LogP contribution is -3.19. The third-order valence-corrected chi connectivity index (χ3v) is 7.95. The predicted octanol–water partition coefficient (Wildman–Crippen LogP) is 1.27. The Hall–Kier alpha value is -2.22. The van der Waals surface area contributed by atoms with Crippen LogP contribution >= 0.6 is 0 Å². The minimum Gasteiger partial charge on any atom is -0.350 e. The van der Waals surface area contributed by atoms with E-state index in [1.165, 1.54) is 9.87 Å². The van der Waals surface area contributed by atoms with Crippen molar-refractivity contribution in [2.75, 3.05) is 32.7 Å². The van der Waals surface area contributed by atoms with Gasteiger partial charge >= 0.3 is 0 Å². The maximum Gasteiger partial charge on any atom is 0.278 e. The van der Waals surface area contributed by atoms with Crippen LogP contribution < -0.4 is 10.2 Å². The van der Waals surface area contributed by atoms with Crippen LogP contribution in [0.3, 0.4) is 0 Å². The molecular weight excluding hydrogens is 398 g/mol. The molecule has 2 aromatic rings. The summed E-state index contributed by atoms with van der Waals surface area (Å²) in [6.45, 7) is 6.76. The minimum absolute atomic E-state index is 0.0266. The van der Waals surface area contributed by atoms with Crippen LogP contribution in [0.4, 0.5) is 0 Å². The standard InChI is InChI=1S/C23H31N3O3S/c1-3-20(21-10-6-4-7-11-21)18-24-23(27)19(2)25-14-16-26(17-15-25)30(28,29)22-12-8-5-9-13-22/h4-13,19-20H,3,14-18H2,1-2H3,(H,24,27)/p+1/t19-,20-/m0/s1. The highest BCUT2D eigenvalue weighted by Crippen LogP contribution is 2.18. The summed E-state index contributed by atoms with van der Waals surface area (Å²) in [6.07, 6.45) is 0.960. The van der Waals surface area contributed by atoms with Crippen molar-refractivity contribution in [3.8, 4) is 0 Å². The Bertz CT molecular complexity index is 911. The first kappa shape index (κ1) is 22.5. The molecule has 1 saturated heterocycles. The molecule has 3 rings (SSSR count). The monoisotopic (exact) mass is 430 g/mol. The highest BCUT2D eigenvalue weighted by molar-refractivity contribution is 7.89. The molecule has 1 aliphatic rings. The SMILES string of the molecule is CC[C@@H](CNC(=O)[C@H](C)[NH+]1CCN(S(=O)(=O)c2ccccc2)CC1)c1ccccc1. The van der Waals surface area contributed by atoms with E-state index >= 15 is 0 Å². The van der Waals surface area contributed by atoms with Gasteiger partial charge in [0.2, 0.25) is 10.0 Å². The van der Waals surface area contributed by atoms with Crippen LogP contribution in [0.2, 0.25) is 0 Å². The van der Waals surface area contributed by atoms with Gasteiger partial charge in [0.1, 0.15) is 0 Å². The number of nitrogens with zero attached hydrogens (tertiary/aromatic N) is 1. The molecule has 1 aliphatic heterocycles. The van der Waals surface area contributed by atoms with E-state index in [9.17, 15) is 13.2 Å². The molecule has 7 heteroatoms. The van der Waals surface area contributed by atoms with Crippen molar-refractivity contribution in [3.63, 3.8) is 0 Å². The van der Waals surface area contributed by atoms with Gasteiger partial charge in [-0.25, -0.2) is 8.42 Å². The average Bonchev–Trinajstić information content (AvgIpc) is 2.80. The lowest BCUT2D eigenvalue weighted by atomic mass is 9.96. The van der Waals surface area contributed by atoms with Crippen LogP contribution in [0.25, 0.3) is 0 Å². The summed E-state index contributed by atoms with van der Waals surface area (Å²) >= 11 is 0. The first-order valence-electron chi connectivity index (χ1n) is 10.7. The number of amides is 1. The van der Waals surface area contributed by atoms with Crippen molar-refractivity contribution in [1.29, 1.82) is 0 Å².